The molecule has 0 radical (unpaired) electrons. The Bertz CT molecular complexity index is 1100. The first-order valence-corrected chi connectivity index (χ1v) is 11.8. The highest BCUT2D eigenvalue weighted by Crippen LogP contribution is 2.36. The van der Waals surface area contributed by atoms with E-state index in [-0.39, 0.29) is 5.91 Å². The van der Waals surface area contributed by atoms with Crippen molar-refractivity contribution in [2.24, 2.45) is 11.8 Å². The lowest BCUT2D eigenvalue weighted by Gasteiger charge is -2.32. The zero-order valence-corrected chi connectivity index (χ0v) is 19.6. The molecule has 184 valence electrons. The number of rotatable bonds is 6. The Kier molecular flexibility index (Phi) is 7.64. The molecule has 2 aromatic carbocycles. The maximum Gasteiger partial charge on any atom is 0.325 e. The van der Waals surface area contributed by atoms with E-state index in [9.17, 15) is 19.2 Å². The second-order valence-corrected chi connectivity index (χ2v) is 8.70. The topological polar surface area (TPSA) is 114 Å². The van der Waals surface area contributed by atoms with E-state index >= 15 is 0 Å². The van der Waals surface area contributed by atoms with E-state index in [0.717, 1.165) is 30.5 Å². The van der Waals surface area contributed by atoms with Crippen molar-refractivity contribution in [1.82, 2.24) is 5.32 Å². The fourth-order valence-corrected chi connectivity index (χ4v) is 4.72. The summed E-state index contributed by atoms with van der Waals surface area (Å²) >= 11 is 0. The summed E-state index contributed by atoms with van der Waals surface area (Å²) < 4.78 is 10.3. The second kappa shape index (κ2) is 11.0. The first-order chi connectivity index (χ1) is 17.0. The summed E-state index contributed by atoms with van der Waals surface area (Å²) in [6.07, 6.45) is 3.61. The molecule has 9 nitrogen and oxygen atoms in total. The summed E-state index contributed by atoms with van der Waals surface area (Å²) in [5.74, 6) is -1.86. The first-order valence-electron chi connectivity index (χ1n) is 11.8. The molecule has 4 rings (SSSR count). The zero-order chi connectivity index (χ0) is 24.8. The third kappa shape index (κ3) is 5.79. The van der Waals surface area contributed by atoms with Gasteiger partial charge in [-0.3, -0.25) is 19.7 Å². The van der Waals surface area contributed by atoms with Crippen LogP contribution in [0.5, 0.6) is 5.75 Å². The van der Waals surface area contributed by atoms with Gasteiger partial charge in [-0.05, 0) is 55.2 Å². The van der Waals surface area contributed by atoms with Crippen LogP contribution in [0, 0.1) is 11.8 Å². The largest absolute Gasteiger partial charge is 0.497 e. The molecule has 9 heteroatoms. The summed E-state index contributed by atoms with van der Waals surface area (Å²) in [7, 11) is 1.53. The molecule has 1 fully saturated rings. The molecule has 1 heterocycles. The quantitative estimate of drug-likeness (QED) is 0.615. The molecule has 0 saturated heterocycles. The van der Waals surface area contributed by atoms with Gasteiger partial charge in [0.2, 0.25) is 5.91 Å². The van der Waals surface area contributed by atoms with Crippen molar-refractivity contribution in [1.29, 1.82) is 0 Å². The number of carbonyl (C=O) groups is 4. The summed E-state index contributed by atoms with van der Waals surface area (Å²) in [5, 5.41) is 4.65. The Morgan fingerprint density at radius 1 is 0.971 bits per heavy atom. The lowest BCUT2D eigenvalue weighted by atomic mass is 9.78. The molecule has 2 aliphatic rings. The van der Waals surface area contributed by atoms with Crippen LogP contribution in [0.15, 0.2) is 48.5 Å². The van der Waals surface area contributed by atoms with E-state index in [0.29, 0.717) is 30.8 Å². The fourth-order valence-electron chi connectivity index (χ4n) is 4.72. The molecule has 2 atom stereocenters. The molecule has 2 unspecified atom stereocenters. The average molecular weight is 480 g/mol. The number of hydrogen-bond donors (Lipinski definition) is 2. The van der Waals surface area contributed by atoms with Crippen molar-refractivity contribution in [3.63, 3.8) is 0 Å². The normalized spacial score (nSPS) is 18.8. The van der Waals surface area contributed by atoms with Crippen molar-refractivity contribution in [2.45, 2.75) is 32.1 Å². The van der Waals surface area contributed by atoms with Crippen molar-refractivity contribution in [3.8, 4) is 5.75 Å². The van der Waals surface area contributed by atoms with E-state index in [4.69, 9.17) is 9.47 Å². The number of benzene rings is 2. The molecule has 2 aromatic rings. The minimum Gasteiger partial charge on any atom is -0.497 e. The molecule has 0 bridgehead atoms. The van der Waals surface area contributed by atoms with Crippen LogP contribution in [0.2, 0.25) is 0 Å². The molecule has 35 heavy (non-hydrogen) atoms. The smallest absolute Gasteiger partial charge is 0.325 e. The number of anilines is 2. The van der Waals surface area contributed by atoms with Crippen molar-refractivity contribution < 1.29 is 28.7 Å². The van der Waals surface area contributed by atoms with Crippen LogP contribution in [0.3, 0.4) is 0 Å². The van der Waals surface area contributed by atoms with Gasteiger partial charge in [0.05, 0.1) is 18.9 Å². The Morgan fingerprint density at radius 2 is 1.69 bits per heavy atom. The van der Waals surface area contributed by atoms with Gasteiger partial charge < -0.3 is 19.7 Å². The minimum absolute atomic E-state index is 0.0695. The second-order valence-electron chi connectivity index (χ2n) is 8.70. The number of para-hydroxylation sites is 1. The van der Waals surface area contributed by atoms with Crippen molar-refractivity contribution in [2.75, 3.05) is 30.5 Å². The zero-order valence-electron chi connectivity index (χ0n) is 19.6. The maximum absolute atomic E-state index is 13.4. The van der Waals surface area contributed by atoms with Gasteiger partial charge in [0.15, 0.2) is 6.61 Å². The molecule has 1 aliphatic heterocycles. The SMILES string of the molecule is COc1ccc(NC(=O)NC(=O)COC(=O)C2CCCCC2C(=O)N2CCc3ccccc32)cc1. The average Bonchev–Trinajstić information content (AvgIpc) is 3.31. The van der Waals surface area contributed by atoms with E-state index in [1.54, 1.807) is 29.2 Å². The number of imide groups is 1. The van der Waals surface area contributed by atoms with Crippen LogP contribution in [0.4, 0.5) is 16.2 Å². The van der Waals surface area contributed by atoms with E-state index in [2.05, 4.69) is 10.6 Å². The number of hydrogen-bond acceptors (Lipinski definition) is 6. The lowest BCUT2D eigenvalue weighted by molar-refractivity contribution is -0.157. The van der Waals surface area contributed by atoms with Crippen LogP contribution < -0.4 is 20.3 Å². The number of ether oxygens (including phenoxy) is 2. The number of amides is 4. The number of nitrogens with zero attached hydrogens (tertiary/aromatic N) is 1. The molecule has 0 spiro atoms. The fraction of sp³-hybridized carbons (Fsp3) is 0.385. The third-order valence-corrected chi connectivity index (χ3v) is 6.49. The highest BCUT2D eigenvalue weighted by molar-refractivity contribution is 6.02. The van der Waals surface area contributed by atoms with Gasteiger partial charge in [0, 0.05) is 17.9 Å². The number of urea groups is 1. The summed E-state index contributed by atoms with van der Waals surface area (Å²) in [6.45, 7) is 0.000977. The number of fused-ring (bicyclic) bond motifs is 1. The lowest BCUT2D eigenvalue weighted by Crippen LogP contribution is -2.43. The molecular weight excluding hydrogens is 450 g/mol. The Balaban J connectivity index is 1.29. The Hall–Kier alpha value is -3.88. The van der Waals surface area contributed by atoms with Gasteiger partial charge >= 0.3 is 12.0 Å². The third-order valence-electron chi connectivity index (χ3n) is 6.49. The summed E-state index contributed by atoms with van der Waals surface area (Å²) in [6, 6.07) is 13.6. The molecule has 4 amide bonds. The Morgan fingerprint density at radius 3 is 2.43 bits per heavy atom. The van der Waals surface area contributed by atoms with Gasteiger partial charge in [-0.15, -0.1) is 0 Å². The maximum atomic E-state index is 13.4. The van der Waals surface area contributed by atoms with Crippen LogP contribution >= 0.6 is 0 Å². The minimum atomic E-state index is -0.753. The number of carbonyl (C=O) groups excluding carboxylic acids is 4. The van der Waals surface area contributed by atoms with Crippen molar-refractivity contribution in [3.05, 3.63) is 54.1 Å². The van der Waals surface area contributed by atoms with Gasteiger partial charge in [0.25, 0.3) is 5.91 Å². The van der Waals surface area contributed by atoms with Gasteiger partial charge in [-0.25, -0.2) is 4.79 Å². The van der Waals surface area contributed by atoms with Gasteiger partial charge in [-0.1, -0.05) is 31.0 Å². The van der Waals surface area contributed by atoms with Gasteiger partial charge in [0.1, 0.15) is 5.75 Å². The number of esters is 1. The highest BCUT2D eigenvalue weighted by Gasteiger charge is 2.40. The summed E-state index contributed by atoms with van der Waals surface area (Å²) in [5.41, 5.74) is 2.50. The van der Waals surface area contributed by atoms with Crippen LogP contribution in [-0.2, 0) is 25.5 Å². The predicted octanol–water partition coefficient (Wildman–Crippen LogP) is 3.28. The molecule has 2 N–H and O–H groups in total. The van der Waals surface area contributed by atoms with Crippen molar-refractivity contribution >= 4 is 35.2 Å². The Labute approximate surface area is 203 Å². The molecule has 0 aromatic heterocycles. The van der Waals surface area contributed by atoms with E-state index in [1.807, 2.05) is 24.3 Å². The first kappa shape index (κ1) is 24.3. The highest BCUT2D eigenvalue weighted by atomic mass is 16.5. The molecule has 1 aliphatic carbocycles. The number of methoxy groups -OCH3 is 1. The predicted molar refractivity (Wildman–Crippen MR) is 129 cm³/mol. The van der Waals surface area contributed by atoms with Crippen LogP contribution in [0.25, 0.3) is 0 Å². The van der Waals surface area contributed by atoms with Crippen LogP contribution in [0.1, 0.15) is 31.2 Å². The molecule has 1 saturated carbocycles. The van der Waals surface area contributed by atoms with E-state index in [1.165, 1.54) is 7.11 Å². The van der Waals surface area contributed by atoms with Gasteiger partial charge in [-0.2, -0.15) is 0 Å². The van der Waals surface area contributed by atoms with E-state index < -0.39 is 36.4 Å². The standard InChI is InChI=1S/C26H29N3O6/c1-34-19-12-10-18(11-13-19)27-26(33)28-23(30)16-35-25(32)21-8-4-3-7-20(21)24(31)29-15-14-17-6-2-5-9-22(17)29/h2,5-6,9-13,20-21H,3-4,7-8,14-16H2,1H3,(H2,27,28,30,33). The summed E-state index contributed by atoms with van der Waals surface area (Å²) in [4.78, 5) is 52.1. The number of nitrogens with one attached hydrogen (secondary N) is 2. The molecular formula is C26H29N3O6. The van der Waals surface area contributed by atoms with Crippen LogP contribution in [-0.4, -0.2) is 44.1 Å². The monoisotopic (exact) mass is 479 g/mol.